The third-order valence-electron chi connectivity index (χ3n) is 1.50. The van der Waals surface area contributed by atoms with Crippen LogP contribution in [0.15, 0.2) is 12.1 Å². The van der Waals surface area contributed by atoms with Crippen molar-refractivity contribution in [3.05, 3.63) is 23.5 Å². The van der Waals surface area contributed by atoms with Gasteiger partial charge in [-0.2, -0.15) is 18.3 Å². The van der Waals surface area contributed by atoms with Gasteiger partial charge in [-0.1, -0.05) is 22.9 Å². The summed E-state index contributed by atoms with van der Waals surface area (Å²) < 4.78 is 36.2. The monoisotopic (exact) mass is 268 g/mol. The van der Waals surface area contributed by atoms with Crippen LogP contribution in [-0.4, -0.2) is 15.0 Å². The van der Waals surface area contributed by atoms with Gasteiger partial charge in [0.1, 0.15) is 0 Å². The van der Waals surface area contributed by atoms with E-state index in [2.05, 4.69) is 26.1 Å². The number of nitrogens with zero attached hydrogens (tertiary/aromatic N) is 2. The van der Waals surface area contributed by atoms with Gasteiger partial charge in [0.2, 0.25) is 0 Å². The average molecular weight is 269 g/mol. The highest BCUT2D eigenvalue weighted by atomic mass is 79.9. The molecule has 78 valence electrons. The summed E-state index contributed by atoms with van der Waals surface area (Å²) in [5.41, 5.74) is -0.411. The molecule has 1 atom stereocenters. The molecule has 6 heteroatoms. The van der Waals surface area contributed by atoms with Gasteiger partial charge in [0.15, 0.2) is 5.69 Å². The molecule has 0 aliphatic rings. The van der Waals surface area contributed by atoms with Crippen LogP contribution in [0.2, 0.25) is 0 Å². The van der Waals surface area contributed by atoms with Gasteiger partial charge >= 0.3 is 6.18 Å². The zero-order valence-corrected chi connectivity index (χ0v) is 8.93. The van der Waals surface area contributed by atoms with Crippen molar-refractivity contribution in [3.63, 3.8) is 0 Å². The van der Waals surface area contributed by atoms with E-state index >= 15 is 0 Å². The zero-order chi connectivity index (χ0) is 10.8. The van der Waals surface area contributed by atoms with Crippen LogP contribution in [-0.2, 0) is 12.6 Å². The molecular weight excluding hydrogens is 261 g/mol. The maximum Gasteiger partial charge on any atom is 0.435 e. The molecule has 2 nitrogen and oxygen atoms in total. The third-order valence-corrected chi connectivity index (χ3v) is 1.82. The van der Waals surface area contributed by atoms with Crippen molar-refractivity contribution < 1.29 is 13.2 Å². The number of aromatic nitrogens is 2. The predicted molar refractivity (Wildman–Crippen MR) is 49.1 cm³/mol. The smallest absolute Gasteiger partial charge is 0.164 e. The number of hydrogen-bond acceptors (Lipinski definition) is 2. The predicted octanol–water partition coefficient (Wildman–Crippen LogP) is 2.82. The van der Waals surface area contributed by atoms with E-state index in [-0.39, 0.29) is 4.83 Å². The van der Waals surface area contributed by atoms with Crippen molar-refractivity contribution in [1.29, 1.82) is 0 Å². The van der Waals surface area contributed by atoms with E-state index in [0.29, 0.717) is 12.1 Å². The van der Waals surface area contributed by atoms with Gasteiger partial charge in [0, 0.05) is 11.2 Å². The van der Waals surface area contributed by atoms with E-state index in [1.807, 2.05) is 6.92 Å². The Balaban J connectivity index is 2.79. The van der Waals surface area contributed by atoms with Gasteiger partial charge in [-0.15, -0.1) is 5.10 Å². The van der Waals surface area contributed by atoms with Crippen LogP contribution in [0.1, 0.15) is 18.3 Å². The van der Waals surface area contributed by atoms with Gasteiger partial charge in [0.05, 0.1) is 5.69 Å². The highest BCUT2D eigenvalue weighted by molar-refractivity contribution is 9.09. The lowest BCUT2D eigenvalue weighted by molar-refractivity contribution is -0.141. The third kappa shape index (κ3) is 3.25. The van der Waals surface area contributed by atoms with Crippen LogP contribution in [0.5, 0.6) is 0 Å². The van der Waals surface area contributed by atoms with E-state index in [9.17, 15) is 13.2 Å². The van der Waals surface area contributed by atoms with Crippen molar-refractivity contribution in [1.82, 2.24) is 10.2 Å². The van der Waals surface area contributed by atoms with E-state index in [4.69, 9.17) is 0 Å². The summed E-state index contributed by atoms with van der Waals surface area (Å²) >= 11 is 3.28. The van der Waals surface area contributed by atoms with Crippen LogP contribution in [0.4, 0.5) is 13.2 Å². The molecule has 1 aromatic rings. The Morgan fingerprint density at radius 2 is 2.00 bits per heavy atom. The highest BCUT2D eigenvalue weighted by Gasteiger charge is 2.32. The van der Waals surface area contributed by atoms with Crippen LogP contribution < -0.4 is 0 Å². The maximum atomic E-state index is 12.1. The molecule has 1 aromatic heterocycles. The van der Waals surface area contributed by atoms with Crippen molar-refractivity contribution in [3.8, 4) is 0 Å². The van der Waals surface area contributed by atoms with Gasteiger partial charge in [-0.25, -0.2) is 0 Å². The summed E-state index contributed by atoms with van der Waals surface area (Å²) in [6, 6.07) is 2.28. The average Bonchev–Trinajstić information content (AvgIpc) is 2.02. The van der Waals surface area contributed by atoms with E-state index in [0.717, 1.165) is 6.07 Å². The molecule has 0 saturated heterocycles. The Labute approximate surface area is 87.7 Å². The van der Waals surface area contributed by atoms with E-state index in [1.165, 1.54) is 6.07 Å². The van der Waals surface area contributed by atoms with Crippen molar-refractivity contribution >= 4 is 15.9 Å². The fourth-order valence-corrected chi connectivity index (χ4v) is 1.24. The molecule has 0 spiro atoms. The summed E-state index contributed by atoms with van der Waals surface area (Å²) in [6.07, 6.45) is -3.85. The SMILES string of the molecule is CC(Br)Cc1ccc(C(F)(F)F)nn1. The van der Waals surface area contributed by atoms with Crippen LogP contribution in [0.25, 0.3) is 0 Å². The second-order valence-corrected chi connectivity index (χ2v) is 4.46. The maximum absolute atomic E-state index is 12.1. The molecule has 0 bridgehead atoms. The quantitative estimate of drug-likeness (QED) is 0.771. The lowest BCUT2D eigenvalue weighted by Crippen LogP contribution is -2.10. The van der Waals surface area contributed by atoms with Gasteiger partial charge in [0.25, 0.3) is 0 Å². The van der Waals surface area contributed by atoms with E-state index in [1.54, 1.807) is 0 Å². The second kappa shape index (κ2) is 4.25. The Hall–Kier alpha value is -0.650. The van der Waals surface area contributed by atoms with E-state index < -0.39 is 11.9 Å². The molecule has 1 unspecified atom stereocenters. The van der Waals surface area contributed by atoms with Gasteiger partial charge < -0.3 is 0 Å². The summed E-state index contributed by atoms with van der Waals surface area (Å²) in [5.74, 6) is 0. The lowest BCUT2D eigenvalue weighted by atomic mass is 10.2. The first-order chi connectivity index (χ1) is 6.39. The minimum absolute atomic E-state index is 0.175. The van der Waals surface area contributed by atoms with Gasteiger partial charge in [-0.3, -0.25) is 0 Å². The second-order valence-electron chi connectivity index (χ2n) is 2.89. The Kier molecular flexibility index (Phi) is 3.47. The lowest BCUT2D eigenvalue weighted by Gasteiger charge is -2.05. The molecule has 1 heterocycles. The van der Waals surface area contributed by atoms with Crippen LogP contribution >= 0.6 is 15.9 Å². The fraction of sp³-hybridized carbons (Fsp3) is 0.500. The van der Waals surface area contributed by atoms with Crippen molar-refractivity contribution in [2.45, 2.75) is 24.3 Å². The molecule has 0 fully saturated rings. The Morgan fingerprint density at radius 1 is 1.36 bits per heavy atom. The highest BCUT2D eigenvalue weighted by Crippen LogP contribution is 2.26. The first-order valence-corrected chi connectivity index (χ1v) is 4.85. The summed E-state index contributed by atoms with van der Waals surface area (Å²) in [7, 11) is 0. The normalized spacial score (nSPS) is 14.1. The molecule has 0 saturated carbocycles. The number of alkyl halides is 4. The molecule has 0 aliphatic heterocycles. The van der Waals surface area contributed by atoms with Crippen molar-refractivity contribution in [2.75, 3.05) is 0 Å². The van der Waals surface area contributed by atoms with Crippen molar-refractivity contribution in [2.24, 2.45) is 0 Å². The fourth-order valence-electron chi connectivity index (χ4n) is 0.908. The molecule has 0 radical (unpaired) electrons. The van der Waals surface area contributed by atoms with Crippen LogP contribution in [0.3, 0.4) is 0 Å². The summed E-state index contributed by atoms with van der Waals surface area (Å²) in [6.45, 7) is 1.89. The molecular formula is C8H8BrF3N2. The molecule has 14 heavy (non-hydrogen) atoms. The standard InChI is InChI=1S/C8H8BrF3N2/c1-5(9)4-6-2-3-7(14-13-6)8(10,11)12/h2-3,5H,4H2,1H3. The van der Waals surface area contributed by atoms with Gasteiger partial charge in [-0.05, 0) is 12.1 Å². The number of hydrogen-bond donors (Lipinski definition) is 0. The largest absolute Gasteiger partial charge is 0.435 e. The molecule has 0 amide bonds. The number of halogens is 4. The first kappa shape index (κ1) is 11.4. The number of rotatable bonds is 2. The zero-order valence-electron chi connectivity index (χ0n) is 7.35. The Bertz CT molecular complexity index is 294. The summed E-state index contributed by atoms with van der Waals surface area (Å²) in [4.78, 5) is 0.175. The molecule has 0 aliphatic carbocycles. The molecule has 0 aromatic carbocycles. The minimum atomic E-state index is -4.41. The molecule has 1 rings (SSSR count). The Morgan fingerprint density at radius 3 is 2.36 bits per heavy atom. The topological polar surface area (TPSA) is 25.8 Å². The molecule has 0 N–H and O–H groups in total. The minimum Gasteiger partial charge on any atom is -0.164 e. The van der Waals surface area contributed by atoms with Crippen LogP contribution in [0, 0.1) is 0 Å². The summed E-state index contributed by atoms with van der Waals surface area (Å²) in [5, 5.41) is 6.59. The first-order valence-electron chi connectivity index (χ1n) is 3.93.